The van der Waals surface area contributed by atoms with E-state index in [1.807, 2.05) is 23.5 Å². The van der Waals surface area contributed by atoms with E-state index >= 15 is 0 Å². The molecule has 19 heavy (non-hydrogen) atoms. The summed E-state index contributed by atoms with van der Waals surface area (Å²) < 4.78 is 1.07. The van der Waals surface area contributed by atoms with Gasteiger partial charge in [0.25, 0.3) is 0 Å². The average molecular weight is 359 g/mol. The molecule has 0 saturated heterocycles. The minimum absolute atomic E-state index is 0.324. The summed E-state index contributed by atoms with van der Waals surface area (Å²) in [5.74, 6) is 0. The maximum Gasteiger partial charge on any atom is 0.0417 e. The minimum atomic E-state index is 0.324. The van der Waals surface area contributed by atoms with E-state index in [0.717, 1.165) is 28.9 Å². The van der Waals surface area contributed by atoms with Crippen molar-refractivity contribution in [3.05, 3.63) is 55.6 Å². The van der Waals surface area contributed by atoms with Gasteiger partial charge in [0.05, 0.1) is 0 Å². The standard InChI is InChI=1S/C15H17BrClNS/c1-2-7-18-15(10-12-4-3-8-19-12)13-6-5-11(17)9-14(13)16/h3-6,8-9,15,18H,2,7,10H2,1H3. The summed E-state index contributed by atoms with van der Waals surface area (Å²) in [6.45, 7) is 3.21. The molecule has 2 rings (SSSR count). The number of hydrogen-bond donors (Lipinski definition) is 1. The van der Waals surface area contributed by atoms with Crippen LogP contribution in [0.3, 0.4) is 0 Å². The number of thiophene rings is 1. The zero-order valence-electron chi connectivity index (χ0n) is 10.8. The fourth-order valence-corrected chi connectivity index (χ4v) is 3.74. The zero-order valence-corrected chi connectivity index (χ0v) is 14.0. The summed E-state index contributed by atoms with van der Waals surface area (Å²) in [5.41, 5.74) is 1.27. The van der Waals surface area contributed by atoms with Gasteiger partial charge in [-0.3, -0.25) is 0 Å². The second kappa shape index (κ2) is 7.44. The molecule has 0 aliphatic heterocycles. The van der Waals surface area contributed by atoms with Crippen molar-refractivity contribution in [3.8, 4) is 0 Å². The first kappa shape index (κ1) is 15.0. The second-order valence-electron chi connectivity index (χ2n) is 4.46. The molecule has 1 unspecified atom stereocenters. The van der Waals surface area contributed by atoms with Crippen LogP contribution in [0, 0.1) is 0 Å². The normalized spacial score (nSPS) is 12.6. The largest absolute Gasteiger partial charge is 0.310 e. The predicted octanol–water partition coefficient (Wildman–Crippen LogP) is 5.45. The summed E-state index contributed by atoms with van der Waals surface area (Å²) in [5, 5.41) is 6.51. The lowest BCUT2D eigenvalue weighted by Gasteiger charge is -2.20. The first-order valence-electron chi connectivity index (χ1n) is 6.41. The molecule has 1 aromatic heterocycles. The van der Waals surface area contributed by atoms with Crippen LogP contribution in [0.5, 0.6) is 0 Å². The van der Waals surface area contributed by atoms with Gasteiger partial charge in [-0.25, -0.2) is 0 Å². The maximum absolute atomic E-state index is 6.02. The lowest BCUT2D eigenvalue weighted by Crippen LogP contribution is -2.24. The summed E-state index contributed by atoms with van der Waals surface area (Å²) in [4.78, 5) is 1.40. The number of hydrogen-bond acceptors (Lipinski definition) is 2. The monoisotopic (exact) mass is 357 g/mol. The summed E-state index contributed by atoms with van der Waals surface area (Å²) in [6.07, 6.45) is 2.14. The molecule has 102 valence electrons. The molecular formula is C15H17BrClNS. The van der Waals surface area contributed by atoms with Crippen LogP contribution in [0.15, 0.2) is 40.2 Å². The molecule has 1 atom stereocenters. The topological polar surface area (TPSA) is 12.0 Å². The average Bonchev–Trinajstić information content (AvgIpc) is 2.88. The Morgan fingerprint density at radius 1 is 1.37 bits per heavy atom. The molecule has 0 amide bonds. The SMILES string of the molecule is CCCNC(Cc1cccs1)c1ccc(Cl)cc1Br. The highest BCUT2D eigenvalue weighted by Crippen LogP contribution is 2.29. The molecule has 0 radical (unpaired) electrons. The fourth-order valence-electron chi connectivity index (χ4n) is 2.02. The highest BCUT2D eigenvalue weighted by Gasteiger charge is 2.15. The number of benzene rings is 1. The Morgan fingerprint density at radius 3 is 2.84 bits per heavy atom. The van der Waals surface area contributed by atoms with Gasteiger partial charge in [0.15, 0.2) is 0 Å². The highest BCUT2D eigenvalue weighted by atomic mass is 79.9. The molecule has 0 saturated carbocycles. The van der Waals surface area contributed by atoms with Crippen molar-refractivity contribution < 1.29 is 0 Å². The zero-order chi connectivity index (χ0) is 13.7. The molecule has 1 nitrogen and oxygen atoms in total. The van der Waals surface area contributed by atoms with Crippen LogP contribution >= 0.6 is 38.9 Å². The maximum atomic E-state index is 6.02. The number of halogens is 2. The molecule has 0 spiro atoms. The van der Waals surface area contributed by atoms with Crippen LogP contribution in [-0.2, 0) is 6.42 Å². The lowest BCUT2D eigenvalue weighted by molar-refractivity contribution is 0.530. The summed E-state index contributed by atoms with van der Waals surface area (Å²) >= 11 is 11.5. The lowest BCUT2D eigenvalue weighted by atomic mass is 10.0. The van der Waals surface area contributed by atoms with Gasteiger partial charge in [-0.05, 0) is 42.1 Å². The van der Waals surface area contributed by atoms with E-state index in [0.29, 0.717) is 6.04 Å². The van der Waals surface area contributed by atoms with Crippen LogP contribution in [0.2, 0.25) is 5.02 Å². The Labute approximate surface area is 132 Å². The van der Waals surface area contributed by atoms with Gasteiger partial charge < -0.3 is 5.32 Å². The van der Waals surface area contributed by atoms with Crippen molar-refractivity contribution in [1.29, 1.82) is 0 Å². The van der Waals surface area contributed by atoms with Crippen LogP contribution in [0.4, 0.5) is 0 Å². The van der Waals surface area contributed by atoms with Gasteiger partial charge in [-0.1, -0.05) is 46.6 Å². The third-order valence-electron chi connectivity index (χ3n) is 2.96. The van der Waals surface area contributed by atoms with Gasteiger partial charge >= 0.3 is 0 Å². The molecule has 0 aliphatic rings. The van der Waals surface area contributed by atoms with Gasteiger partial charge in [-0.2, -0.15) is 0 Å². The van der Waals surface area contributed by atoms with Gasteiger partial charge in [0.1, 0.15) is 0 Å². The van der Waals surface area contributed by atoms with Crippen molar-refractivity contribution >= 4 is 38.9 Å². The van der Waals surface area contributed by atoms with E-state index < -0.39 is 0 Å². The van der Waals surface area contributed by atoms with E-state index in [1.165, 1.54) is 10.4 Å². The van der Waals surface area contributed by atoms with Crippen molar-refractivity contribution in [3.63, 3.8) is 0 Å². The number of rotatable bonds is 6. The molecule has 0 fully saturated rings. The van der Waals surface area contributed by atoms with Crippen molar-refractivity contribution in [2.75, 3.05) is 6.54 Å². The molecule has 1 N–H and O–H groups in total. The van der Waals surface area contributed by atoms with Crippen LogP contribution in [0.1, 0.15) is 29.8 Å². The van der Waals surface area contributed by atoms with Crippen LogP contribution in [0.25, 0.3) is 0 Å². The first-order chi connectivity index (χ1) is 9.20. The minimum Gasteiger partial charge on any atom is -0.310 e. The third-order valence-corrected chi connectivity index (χ3v) is 4.78. The van der Waals surface area contributed by atoms with E-state index in [4.69, 9.17) is 11.6 Å². The van der Waals surface area contributed by atoms with Crippen LogP contribution in [-0.4, -0.2) is 6.54 Å². The predicted molar refractivity (Wildman–Crippen MR) is 88.2 cm³/mol. The Bertz CT molecular complexity index is 513. The second-order valence-corrected chi connectivity index (χ2v) is 6.78. The fraction of sp³-hybridized carbons (Fsp3) is 0.333. The Hall–Kier alpha value is -0.350. The molecule has 0 bridgehead atoms. The van der Waals surface area contributed by atoms with Gasteiger partial charge in [-0.15, -0.1) is 11.3 Å². The highest BCUT2D eigenvalue weighted by molar-refractivity contribution is 9.10. The summed E-state index contributed by atoms with van der Waals surface area (Å²) in [7, 11) is 0. The van der Waals surface area contributed by atoms with Crippen molar-refractivity contribution in [2.24, 2.45) is 0 Å². The molecule has 0 aliphatic carbocycles. The molecule has 1 heterocycles. The van der Waals surface area contributed by atoms with E-state index in [2.05, 4.69) is 51.7 Å². The van der Waals surface area contributed by atoms with E-state index in [9.17, 15) is 0 Å². The summed E-state index contributed by atoms with van der Waals surface area (Å²) in [6, 6.07) is 10.6. The van der Waals surface area contributed by atoms with Crippen LogP contribution < -0.4 is 5.32 Å². The Kier molecular flexibility index (Phi) is 5.89. The molecule has 1 aromatic carbocycles. The first-order valence-corrected chi connectivity index (χ1v) is 8.46. The quantitative estimate of drug-likeness (QED) is 0.724. The molecular weight excluding hydrogens is 342 g/mol. The van der Waals surface area contributed by atoms with Gasteiger partial charge in [0.2, 0.25) is 0 Å². The Morgan fingerprint density at radius 2 is 2.21 bits per heavy atom. The van der Waals surface area contributed by atoms with E-state index in [1.54, 1.807) is 0 Å². The van der Waals surface area contributed by atoms with Crippen molar-refractivity contribution in [1.82, 2.24) is 5.32 Å². The van der Waals surface area contributed by atoms with E-state index in [-0.39, 0.29) is 0 Å². The number of nitrogens with one attached hydrogen (secondary N) is 1. The smallest absolute Gasteiger partial charge is 0.0417 e. The molecule has 2 aromatic rings. The Balaban J connectivity index is 2.20. The van der Waals surface area contributed by atoms with Crippen molar-refractivity contribution in [2.45, 2.75) is 25.8 Å². The van der Waals surface area contributed by atoms with Gasteiger partial charge in [0, 0.05) is 26.8 Å². The molecule has 4 heteroatoms. The third kappa shape index (κ3) is 4.32.